The van der Waals surface area contributed by atoms with Crippen LogP contribution >= 0.6 is 15.9 Å². The first-order chi connectivity index (χ1) is 10.1. The van der Waals surface area contributed by atoms with Crippen molar-refractivity contribution in [2.45, 2.75) is 24.9 Å². The van der Waals surface area contributed by atoms with Crippen LogP contribution < -0.4 is 0 Å². The van der Waals surface area contributed by atoms with Gasteiger partial charge in [0.05, 0.1) is 10.6 Å². The molecule has 3 atom stereocenters. The Kier molecular flexibility index (Phi) is 4.09. The number of hydrogen-bond acceptors (Lipinski definition) is 1. The Bertz CT molecular complexity index is 645. The maximum absolute atomic E-state index is 13.9. The van der Waals surface area contributed by atoms with Crippen LogP contribution in [0.5, 0.6) is 0 Å². The summed E-state index contributed by atoms with van der Waals surface area (Å²) >= 11 is 3.05. The Labute approximate surface area is 130 Å². The van der Waals surface area contributed by atoms with Crippen molar-refractivity contribution in [1.29, 1.82) is 0 Å². The summed E-state index contributed by atoms with van der Waals surface area (Å²) in [6, 6.07) is 12.5. The SMILES string of the molecule is OC(Cc1c(F)ccc(Br)c1F)C1CC1c1ccccc1. The van der Waals surface area contributed by atoms with Gasteiger partial charge in [0.1, 0.15) is 11.6 Å². The maximum atomic E-state index is 13.9. The van der Waals surface area contributed by atoms with E-state index in [2.05, 4.69) is 15.9 Å². The monoisotopic (exact) mass is 352 g/mol. The van der Waals surface area contributed by atoms with Crippen LogP contribution in [-0.2, 0) is 6.42 Å². The van der Waals surface area contributed by atoms with Gasteiger partial charge in [-0.1, -0.05) is 30.3 Å². The molecule has 0 saturated heterocycles. The summed E-state index contributed by atoms with van der Waals surface area (Å²) in [4.78, 5) is 0. The highest BCUT2D eigenvalue weighted by Crippen LogP contribution is 2.50. The smallest absolute Gasteiger partial charge is 0.143 e. The summed E-state index contributed by atoms with van der Waals surface area (Å²) in [7, 11) is 0. The van der Waals surface area contributed by atoms with Crippen LogP contribution in [-0.4, -0.2) is 11.2 Å². The molecule has 0 spiro atoms. The van der Waals surface area contributed by atoms with Crippen molar-refractivity contribution in [3.63, 3.8) is 0 Å². The molecule has 1 N–H and O–H groups in total. The van der Waals surface area contributed by atoms with Gasteiger partial charge in [-0.2, -0.15) is 0 Å². The predicted molar refractivity (Wildman–Crippen MR) is 81.1 cm³/mol. The summed E-state index contributed by atoms with van der Waals surface area (Å²) in [6.45, 7) is 0. The van der Waals surface area contributed by atoms with Crippen LogP contribution in [0, 0.1) is 17.6 Å². The Morgan fingerprint density at radius 3 is 2.57 bits per heavy atom. The maximum Gasteiger partial charge on any atom is 0.143 e. The van der Waals surface area contributed by atoms with E-state index in [1.54, 1.807) is 0 Å². The van der Waals surface area contributed by atoms with Crippen molar-refractivity contribution < 1.29 is 13.9 Å². The molecule has 1 nitrogen and oxygen atoms in total. The number of hydrogen-bond donors (Lipinski definition) is 1. The zero-order valence-corrected chi connectivity index (χ0v) is 12.9. The number of benzene rings is 2. The molecule has 1 fully saturated rings. The van der Waals surface area contributed by atoms with Gasteiger partial charge in [-0.15, -0.1) is 0 Å². The van der Waals surface area contributed by atoms with Gasteiger partial charge in [-0.05, 0) is 51.9 Å². The normalized spacial score (nSPS) is 22.1. The molecule has 1 aliphatic rings. The molecule has 0 aliphatic heterocycles. The molecule has 0 heterocycles. The van der Waals surface area contributed by atoms with E-state index in [9.17, 15) is 13.9 Å². The highest BCUT2D eigenvalue weighted by atomic mass is 79.9. The number of rotatable bonds is 4. The van der Waals surface area contributed by atoms with E-state index in [1.807, 2.05) is 30.3 Å². The average molecular weight is 353 g/mol. The summed E-state index contributed by atoms with van der Waals surface area (Å²) < 4.78 is 27.9. The fourth-order valence-corrected chi connectivity index (χ4v) is 3.21. The van der Waals surface area contributed by atoms with Crippen LogP contribution in [0.3, 0.4) is 0 Å². The first-order valence-corrected chi connectivity index (χ1v) is 7.72. The first kappa shape index (κ1) is 14.7. The minimum Gasteiger partial charge on any atom is -0.392 e. The third kappa shape index (κ3) is 3.01. The fourth-order valence-electron chi connectivity index (χ4n) is 2.84. The standard InChI is InChI=1S/C17H15BrF2O/c18-14-6-7-15(19)13(17(14)20)9-16(21)12-8-11(12)10-4-2-1-3-5-10/h1-7,11-12,16,21H,8-9H2. The van der Waals surface area contributed by atoms with Gasteiger partial charge in [0.15, 0.2) is 0 Å². The van der Waals surface area contributed by atoms with Crippen molar-refractivity contribution >= 4 is 15.9 Å². The molecule has 2 aromatic carbocycles. The van der Waals surface area contributed by atoms with Crippen molar-refractivity contribution in [3.05, 3.63) is 69.7 Å². The minimum atomic E-state index is -0.728. The second kappa shape index (κ2) is 5.85. The average Bonchev–Trinajstić information content (AvgIpc) is 3.29. The lowest BCUT2D eigenvalue weighted by Gasteiger charge is -2.13. The highest BCUT2D eigenvalue weighted by Gasteiger charge is 2.43. The third-order valence-corrected chi connectivity index (χ3v) is 4.73. The topological polar surface area (TPSA) is 20.2 Å². The van der Waals surface area contributed by atoms with Gasteiger partial charge in [-0.3, -0.25) is 0 Å². The molecule has 110 valence electrons. The van der Waals surface area contributed by atoms with Gasteiger partial charge >= 0.3 is 0 Å². The Hall–Kier alpha value is -1.26. The molecule has 3 rings (SSSR count). The lowest BCUT2D eigenvalue weighted by atomic mass is 10.0. The number of halogens is 3. The molecule has 21 heavy (non-hydrogen) atoms. The number of aliphatic hydroxyl groups is 1. The Morgan fingerprint density at radius 2 is 1.86 bits per heavy atom. The van der Waals surface area contributed by atoms with E-state index in [0.29, 0.717) is 5.92 Å². The van der Waals surface area contributed by atoms with E-state index < -0.39 is 17.7 Å². The van der Waals surface area contributed by atoms with E-state index in [1.165, 1.54) is 17.7 Å². The first-order valence-electron chi connectivity index (χ1n) is 6.93. The van der Waals surface area contributed by atoms with Crippen LogP contribution in [0.15, 0.2) is 46.9 Å². The molecule has 3 unspecified atom stereocenters. The van der Waals surface area contributed by atoms with Crippen molar-refractivity contribution in [2.24, 2.45) is 5.92 Å². The molecule has 0 aromatic heterocycles. The summed E-state index contributed by atoms with van der Waals surface area (Å²) in [5.74, 6) is -0.859. The molecule has 2 aromatic rings. The second-order valence-electron chi connectivity index (χ2n) is 5.51. The third-order valence-electron chi connectivity index (χ3n) is 4.11. The predicted octanol–water partition coefficient (Wildman–Crippen LogP) is 4.43. The molecule has 4 heteroatoms. The summed E-state index contributed by atoms with van der Waals surface area (Å²) in [5, 5.41) is 10.3. The quantitative estimate of drug-likeness (QED) is 0.806. The fraction of sp³-hybridized carbons (Fsp3) is 0.294. The molecular weight excluding hydrogens is 338 g/mol. The lowest BCUT2D eigenvalue weighted by molar-refractivity contribution is 0.146. The van der Waals surface area contributed by atoms with Crippen LogP contribution in [0.25, 0.3) is 0 Å². The van der Waals surface area contributed by atoms with E-state index in [0.717, 1.165) is 6.42 Å². The zero-order chi connectivity index (χ0) is 15.0. The van der Waals surface area contributed by atoms with Crippen LogP contribution in [0.1, 0.15) is 23.5 Å². The van der Waals surface area contributed by atoms with Crippen molar-refractivity contribution in [3.8, 4) is 0 Å². The van der Waals surface area contributed by atoms with Gasteiger partial charge in [-0.25, -0.2) is 8.78 Å². The lowest BCUT2D eigenvalue weighted by Crippen LogP contribution is -2.16. The second-order valence-corrected chi connectivity index (χ2v) is 6.36. The van der Waals surface area contributed by atoms with Gasteiger partial charge in [0.25, 0.3) is 0 Å². The van der Waals surface area contributed by atoms with Gasteiger partial charge in [0, 0.05) is 12.0 Å². The molecular formula is C17H15BrF2O. The van der Waals surface area contributed by atoms with Crippen LogP contribution in [0.2, 0.25) is 0 Å². The molecule has 0 bridgehead atoms. The van der Waals surface area contributed by atoms with Gasteiger partial charge < -0.3 is 5.11 Å². The minimum absolute atomic E-state index is 0.00507. The zero-order valence-electron chi connectivity index (χ0n) is 11.3. The Balaban J connectivity index is 1.72. The summed E-state index contributed by atoms with van der Waals surface area (Å²) in [5.41, 5.74) is 1.13. The van der Waals surface area contributed by atoms with E-state index >= 15 is 0 Å². The Morgan fingerprint density at radius 1 is 1.14 bits per heavy atom. The highest BCUT2D eigenvalue weighted by molar-refractivity contribution is 9.10. The molecule has 0 radical (unpaired) electrons. The van der Waals surface area contributed by atoms with E-state index in [-0.39, 0.29) is 22.4 Å². The van der Waals surface area contributed by atoms with Crippen LogP contribution in [0.4, 0.5) is 8.78 Å². The van der Waals surface area contributed by atoms with Gasteiger partial charge in [0.2, 0.25) is 0 Å². The van der Waals surface area contributed by atoms with Crippen molar-refractivity contribution in [2.75, 3.05) is 0 Å². The van der Waals surface area contributed by atoms with E-state index in [4.69, 9.17) is 0 Å². The molecule has 1 saturated carbocycles. The largest absolute Gasteiger partial charge is 0.392 e. The summed E-state index contributed by atoms with van der Waals surface area (Å²) in [6.07, 6.45) is 0.140. The molecule has 0 amide bonds. The van der Waals surface area contributed by atoms with Crippen molar-refractivity contribution in [1.82, 2.24) is 0 Å². The number of aliphatic hydroxyl groups excluding tert-OH is 1. The molecule has 1 aliphatic carbocycles.